The number of anilines is 1. The standard InChI is InChI=1S/C39H44FN3O4S/c1-28-19-22-34(23-20-28)48(46,47)43(36-24-29(2)18-21-30(36)3)27-38(44)42(26-32-14-10-11-17-35(32)40)37(25-31-12-6-4-7-13-31)39(45)41-33-15-8-5-9-16-33/h4,6-7,10-14,17-24,33,37H,5,8-9,15-16,25-27H2,1-3H3,(H,41,45). The van der Waals surface area contributed by atoms with Crippen molar-refractivity contribution in [2.24, 2.45) is 0 Å². The molecule has 9 heteroatoms. The van der Waals surface area contributed by atoms with E-state index in [2.05, 4.69) is 5.32 Å². The van der Waals surface area contributed by atoms with E-state index in [1.807, 2.05) is 56.3 Å². The Bertz CT molecular complexity index is 1820. The molecule has 4 aromatic rings. The summed E-state index contributed by atoms with van der Waals surface area (Å²) in [6.07, 6.45) is 5.00. The van der Waals surface area contributed by atoms with Gasteiger partial charge >= 0.3 is 0 Å². The van der Waals surface area contributed by atoms with Gasteiger partial charge in [-0.2, -0.15) is 0 Å². The van der Waals surface area contributed by atoms with Gasteiger partial charge in [-0.15, -0.1) is 0 Å². The molecule has 0 saturated heterocycles. The summed E-state index contributed by atoms with van der Waals surface area (Å²) >= 11 is 0. The third-order valence-electron chi connectivity index (χ3n) is 9.04. The molecular formula is C39H44FN3O4S. The lowest BCUT2D eigenvalue weighted by atomic mass is 9.94. The average molecular weight is 670 g/mol. The number of hydrogen-bond acceptors (Lipinski definition) is 4. The first-order chi connectivity index (χ1) is 23.0. The molecule has 0 heterocycles. The van der Waals surface area contributed by atoms with Crippen molar-refractivity contribution < 1.29 is 22.4 Å². The van der Waals surface area contributed by atoms with Gasteiger partial charge in [-0.05, 0) is 74.6 Å². The van der Waals surface area contributed by atoms with E-state index in [4.69, 9.17) is 0 Å². The monoisotopic (exact) mass is 669 g/mol. The third-order valence-corrected chi connectivity index (χ3v) is 10.8. The summed E-state index contributed by atoms with van der Waals surface area (Å²) < 4.78 is 45.0. The van der Waals surface area contributed by atoms with Crippen LogP contribution in [-0.2, 0) is 32.6 Å². The topological polar surface area (TPSA) is 86.8 Å². The van der Waals surface area contributed by atoms with Crippen molar-refractivity contribution >= 4 is 27.5 Å². The second-order valence-electron chi connectivity index (χ2n) is 12.8. The fourth-order valence-corrected chi connectivity index (χ4v) is 7.72. The Morgan fingerprint density at radius 2 is 1.48 bits per heavy atom. The number of halogens is 1. The molecule has 1 saturated carbocycles. The van der Waals surface area contributed by atoms with Crippen LogP contribution in [0, 0.1) is 26.6 Å². The van der Waals surface area contributed by atoms with Crippen LogP contribution < -0.4 is 9.62 Å². The molecule has 7 nitrogen and oxygen atoms in total. The highest BCUT2D eigenvalue weighted by atomic mass is 32.2. The molecule has 0 aliphatic heterocycles. The highest BCUT2D eigenvalue weighted by molar-refractivity contribution is 7.92. The lowest BCUT2D eigenvalue weighted by Crippen LogP contribution is -2.55. The number of nitrogens with zero attached hydrogens (tertiary/aromatic N) is 2. The van der Waals surface area contributed by atoms with Crippen LogP contribution in [-0.4, -0.2) is 43.8 Å². The van der Waals surface area contributed by atoms with Crippen LogP contribution in [0.15, 0.2) is 102 Å². The smallest absolute Gasteiger partial charge is 0.264 e. The van der Waals surface area contributed by atoms with Gasteiger partial charge in [-0.3, -0.25) is 13.9 Å². The molecular weight excluding hydrogens is 626 g/mol. The summed E-state index contributed by atoms with van der Waals surface area (Å²) in [5.74, 6) is -1.47. The van der Waals surface area contributed by atoms with Gasteiger partial charge in [-0.1, -0.05) is 97.6 Å². The summed E-state index contributed by atoms with van der Waals surface area (Å²) in [5.41, 5.74) is 3.80. The molecule has 1 N–H and O–H groups in total. The first-order valence-electron chi connectivity index (χ1n) is 16.6. The van der Waals surface area contributed by atoms with Crippen LogP contribution in [0.3, 0.4) is 0 Å². The van der Waals surface area contributed by atoms with Gasteiger partial charge in [0, 0.05) is 24.6 Å². The largest absolute Gasteiger partial charge is 0.352 e. The number of carbonyl (C=O) groups is 2. The average Bonchev–Trinajstić information content (AvgIpc) is 3.08. The van der Waals surface area contributed by atoms with Crippen molar-refractivity contribution in [2.75, 3.05) is 10.8 Å². The molecule has 48 heavy (non-hydrogen) atoms. The van der Waals surface area contributed by atoms with Crippen molar-refractivity contribution in [3.05, 3.63) is 131 Å². The molecule has 0 spiro atoms. The van der Waals surface area contributed by atoms with Gasteiger partial charge in [0.25, 0.3) is 10.0 Å². The summed E-state index contributed by atoms with van der Waals surface area (Å²) in [7, 11) is -4.24. The molecule has 1 aliphatic carbocycles. The van der Waals surface area contributed by atoms with E-state index in [0.717, 1.165) is 53.1 Å². The summed E-state index contributed by atoms with van der Waals surface area (Å²) in [6.45, 7) is 4.72. The molecule has 0 radical (unpaired) electrons. The van der Waals surface area contributed by atoms with Crippen LogP contribution >= 0.6 is 0 Å². The Kier molecular flexibility index (Phi) is 11.3. The van der Waals surface area contributed by atoms with Crippen molar-refractivity contribution in [2.45, 2.75) is 82.8 Å². The zero-order chi connectivity index (χ0) is 34.3. The molecule has 2 amide bonds. The number of carbonyl (C=O) groups excluding carboxylic acids is 2. The Balaban J connectivity index is 1.59. The van der Waals surface area contributed by atoms with E-state index < -0.39 is 34.3 Å². The Labute approximate surface area is 283 Å². The van der Waals surface area contributed by atoms with Gasteiger partial charge < -0.3 is 10.2 Å². The van der Waals surface area contributed by atoms with Gasteiger partial charge in [0.2, 0.25) is 11.8 Å². The normalized spacial score (nSPS) is 14.2. The van der Waals surface area contributed by atoms with Crippen molar-refractivity contribution in [3.63, 3.8) is 0 Å². The van der Waals surface area contributed by atoms with E-state index in [-0.39, 0.29) is 35.4 Å². The van der Waals surface area contributed by atoms with Crippen LogP contribution in [0.4, 0.5) is 10.1 Å². The number of benzene rings is 4. The molecule has 1 atom stereocenters. The van der Waals surface area contributed by atoms with Crippen molar-refractivity contribution in [1.29, 1.82) is 0 Å². The van der Waals surface area contributed by atoms with Gasteiger partial charge in [0.05, 0.1) is 10.6 Å². The number of sulfonamides is 1. The zero-order valence-electron chi connectivity index (χ0n) is 27.9. The van der Waals surface area contributed by atoms with Crippen LogP contribution in [0.1, 0.15) is 59.9 Å². The summed E-state index contributed by atoms with van der Waals surface area (Å²) in [6, 6.07) is 26.4. The highest BCUT2D eigenvalue weighted by Gasteiger charge is 2.36. The maximum Gasteiger partial charge on any atom is 0.264 e. The van der Waals surface area contributed by atoms with E-state index in [0.29, 0.717) is 11.3 Å². The molecule has 1 aliphatic rings. The minimum atomic E-state index is -4.24. The van der Waals surface area contributed by atoms with Gasteiger partial charge in [0.1, 0.15) is 18.4 Å². The third kappa shape index (κ3) is 8.50. The Morgan fingerprint density at radius 3 is 2.17 bits per heavy atom. The molecule has 0 bridgehead atoms. The molecule has 0 aromatic heterocycles. The van der Waals surface area contributed by atoms with Crippen LogP contribution in [0.25, 0.3) is 0 Å². The maximum absolute atomic E-state index is 15.2. The molecule has 1 unspecified atom stereocenters. The first-order valence-corrected chi connectivity index (χ1v) is 18.0. The predicted octanol–water partition coefficient (Wildman–Crippen LogP) is 7.04. The van der Waals surface area contributed by atoms with Crippen molar-refractivity contribution in [1.82, 2.24) is 10.2 Å². The van der Waals surface area contributed by atoms with E-state index >= 15 is 4.39 Å². The second kappa shape index (κ2) is 15.6. The number of rotatable bonds is 12. The van der Waals surface area contributed by atoms with E-state index in [1.165, 1.54) is 23.1 Å². The number of amides is 2. The SMILES string of the molecule is Cc1ccc(S(=O)(=O)N(CC(=O)N(Cc2ccccc2F)C(Cc2ccccc2)C(=O)NC2CCCCC2)c2cc(C)ccc2C)cc1. The van der Waals surface area contributed by atoms with Gasteiger partial charge in [0.15, 0.2) is 0 Å². The predicted molar refractivity (Wildman–Crippen MR) is 188 cm³/mol. The minimum Gasteiger partial charge on any atom is -0.352 e. The highest BCUT2D eigenvalue weighted by Crippen LogP contribution is 2.29. The second-order valence-corrected chi connectivity index (χ2v) is 14.6. The minimum absolute atomic E-state index is 0.0247. The quantitative estimate of drug-likeness (QED) is 0.176. The van der Waals surface area contributed by atoms with Crippen LogP contribution in [0.2, 0.25) is 0 Å². The first kappa shape index (κ1) is 34.8. The van der Waals surface area contributed by atoms with Crippen molar-refractivity contribution in [3.8, 4) is 0 Å². The van der Waals surface area contributed by atoms with E-state index in [1.54, 1.807) is 43.3 Å². The summed E-state index contributed by atoms with van der Waals surface area (Å²) in [4.78, 5) is 30.3. The molecule has 4 aromatic carbocycles. The lowest BCUT2D eigenvalue weighted by Gasteiger charge is -2.35. The number of aryl methyl sites for hydroxylation is 3. The van der Waals surface area contributed by atoms with E-state index in [9.17, 15) is 18.0 Å². The molecule has 252 valence electrons. The summed E-state index contributed by atoms with van der Waals surface area (Å²) in [5, 5.41) is 3.18. The Morgan fingerprint density at radius 1 is 0.833 bits per heavy atom. The Hall–Kier alpha value is -4.50. The number of nitrogens with one attached hydrogen (secondary N) is 1. The number of hydrogen-bond donors (Lipinski definition) is 1. The zero-order valence-corrected chi connectivity index (χ0v) is 28.7. The molecule has 1 fully saturated rings. The molecule has 5 rings (SSSR count). The fourth-order valence-electron chi connectivity index (χ4n) is 6.25. The van der Waals surface area contributed by atoms with Gasteiger partial charge in [-0.25, -0.2) is 12.8 Å². The van der Waals surface area contributed by atoms with Crippen LogP contribution in [0.5, 0.6) is 0 Å². The maximum atomic E-state index is 15.2. The fraction of sp³-hybridized carbons (Fsp3) is 0.333. The lowest BCUT2D eigenvalue weighted by molar-refractivity contribution is -0.140.